The zero-order chi connectivity index (χ0) is 13.6. The average molecular weight is 423 g/mol. The Balaban J connectivity index is 2.30. The summed E-state index contributed by atoms with van der Waals surface area (Å²) in [4.78, 5) is 8.54. The maximum atomic E-state index is 13.7. The molecule has 0 unspecified atom stereocenters. The number of rotatable bonds is 1. The second kappa shape index (κ2) is 5.09. The molecule has 0 N–H and O–H groups in total. The van der Waals surface area contributed by atoms with Crippen LogP contribution in [0.15, 0.2) is 31.8 Å². The molecule has 0 radical (unpaired) electrons. The topological polar surface area (TPSA) is 25.8 Å². The Labute approximate surface area is 133 Å². The smallest absolute Gasteiger partial charge is 0.163 e. The summed E-state index contributed by atoms with van der Waals surface area (Å²) in [5, 5.41) is 0.366. The molecule has 0 saturated carbocycles. The van der Waals surface area contributed by atoms with Gasteiger partial charge in [0.05, 0.1) is 18.5 Å². The minimum atomic E-state index is -0.417. The van der Waals surface area contributed by atoms with E-state index in [9.17, 15) is 4.39 Å². The van der Waals surface area contributed by atoms with E-state index in [-0.39, 0.29) is 10.5 Å². The molecule has 19 heavy (non-hydrogen) atoms. The van der Waals surface area contributed by atoms with Gasteiger partial charge in [0.25, 0.3) is 0 Å². The molecular weight excluding hydrogens is 418 g/mol. The average Bonchev–Trinajstić information content (AvgIpc) is 2.68. The minimum Gasteiger partial charge on any atom is -0.228 e. The Hall–Kier alpha value is -0.560. The summed E-state index contributed by atoms with van der Waals surface area (Å²) in [6, 6.07) is 6.55. The number of nitrogens with zero attached hydrogens (tertiary/aromatic N) is 2. The molecule has 0 aliphatic heterocycles. The lowest BCUT2D eigenvalue weighted by Crippen LogP contribution is -1.93. The number of hydrogen-bond donors (Lipinski definition) is 0. The molecule has 96 valence electrons. The van der Waals surface area contributed by atoms with Gasteiger partial charge in [0.15, 0.2) is 5.82 Å². The first-order chi connectivity index (χ1) is 9.06. The molecule has 2 nitrogen and oxygen atoms in total. The van der Waals surface area contributed by atoms with Gasteiger partial charge < -0.3 is 0 Å². The second-order valence-electron chi connectivity index (χ2n) is 3.71. The summed E-state index contributed by atoms with van der Waals surface area (Å²) < 4.78 is 15.5. The summed E-state index contributed by atoms with van der Waals surface area (Å²) in [5.41, 5.74) is 1.31. The molecule has 0 aliphatic carbocycles. The Kier molecular flexibility index (Phi) is 3.59. The van der Waals surface area contributed by atoms with E-state index in [0.29, 0.717) is 11.3 Å². The van der Waals surface area contributed by atoms with Gasteiger partial charge in [-0.2, -0.15) is 0 Å². The van der Waals surface area contributed by atoms with Crippen LogP contribution >= 0.6 is 54.8 Å². The summed E-state index contributed by atoms with van der Waals surface area (Å²) in [5.74, 6) is 0.0524. The van der Waals surface area contributed by atoms with Crippen molar-refractivity contribution < 1.29 is 4.39 Å². The number of aromatic nitrogens is 2. The molecule has 0 spiro atoms. The SMILES string of the molecule is Fc1cccc2nc(-c3cc(Br)sc3Br)nc(Cl)c12. The monoisotopic (exact) mass is 420 g/mol. The number of hydrogen-bond acceptors (Lipinski definition) is 3. The minimum absolute atomic E-state index is 0.118. The van der Waals surface area contributed by atoms with Crippen molar-refractivity contribution in [1.82, 2.24) is 9.97 Å². The highest BCUT2D eigenvalue weighted by Crippen LogP contribution is 2.38. The third-order valence-corrected chi connectivity index (χ3v) is 5.14. The molecule has 0 saturated heterocycles. The van der Waals surface area contributed by atoms with Crippen molar-refractivity contribution in [2.75, 3.05) is 0 Å². The fourth-order valence-corrected chi connectivity index (χ4v) is 4.77. The Morgan fingerprint density at radius 1 is 1.21 bits per heavy atom. The normalized spacial score (nSPS) is 11.2. The van der Waals surface area contributed by atoms with Crippen LogP contribution in [-0.4, -0.2) is 9.97 Å². The highest BCUT2D eigenvalue weighted by Gasteiger charge is 2.15. The predicted molar refractivity (Wildman–Crippen MR) is 83.2 cm³/mol. The summed E-state index contributed by atoms with van der Waals surface area (Å²) in [6.45, 7) is 0. The van der Waals surface area contributed by atoms with E-state index in [1.807, 2.05) is 6.07 Å². The van der Waals surface area contributed by atoms with E-state index < -0.39 is 5.82 Å². The highest BCUT2D eigenvalue weighted by molar-refractivity contribution is 9.12. The quantitative estimate of drug-likeness (QED) is 0.472. The molecule has 0 fully saturated rings. The van der Waals surface area contributed by atoms with E-state index in [1.165, 1.54) is 17.4 Å². The standard InChI is InChI=1S/C12H4Br2ClFN2S/c13-8-4-5(10(14)19-8)12-17-7-3-1-2-6(16)9(7)11(15)18-12/h1-4H. The lowest BCUT2D eigenvalue weighted by Gasteiger charge is -2.04. The van der Waals surface area contributed by atoms with Crippen LogP contribution in [0.1, 0.15) is 0 Å². The van der Waals surface area contributed by atoms with E-state index in [0.717, 1.165) is 13.1 Å². The van der Waals surface area contributed by atoms with Crippen LogP contribution in [0.5, 0.6) is 0 Å². The van der Waals surface area contributed by atoms with Gasteiger partial charge in [0.1, 0.15) is 11.0 Å². The number of thiophene rings is 1. The fraction of sp³-hybridized carbons (Fsp3) is 0. The first-order valence-electron chi connectivity index (χ1n) is 5.13. The largest absolute Gasteiger partial charge is 0.228 e. The summed E-state index contributed by atoms with van der Waals surface area (Å²) in [6.07, 6.45) is 0. The Morgan fingerprint density at radius 3 is 2.68 bits per heavy atom. The van der Waals surface area contributed by atoms with Crippen LogP contribution in [0.25, 0.3) is 22.3 Å². The van der Waals surface area contributed by atoms with Gasteiger partial charge >= 0.3 is 0 Å². The van der Waals surface area contributed by atoms with Crippen molar-refractivity contribution in [3.05, 3.63) is 42.8 Å². The van der Waals surface area contributed by atoms with Crippen molar-refractivity contribution in [2.24, 2.45) is 0 Å². The van der Waals surface area contributed by atoms with Crippen molar-refractivity contribution >= 4 is 65.7 Å². The van der Waals surface area contributed by atoms with Crippen LogP contribution in [0.2, 0.25) is 5.15 Å². The van der Waals surface area contributed by atoms with Gasteiger partial charge in [-0.05, 0) is 50.1 Å². The number of halogens is 4. The fourth-order valence-electron chi connectivity index (χ4n) is 1.71. The molecule has 1 aromatic carbocycles. The van der Waals surface area contributed by atoms with Crippen LogP contribution in [0, 0.1) is 5.82 Å². The van der Waals surface area contributed by atoms with Crippen molar-refractivity contribution in [3.8, 4) is 11.4 Å². The van der Waals surface area contributed by atoms with Gasteiger partial charge in [-0.25, -0.2) is 14.4 Å². The van der Waals surface area contributed by atoms with Gasteiger partial charge in [0.2, 0.25) is 0 Å². The van der Waals surface area contributed by atoms with E-state index in [4.69, 9.17) is 11.6 Å². The molecule has 3 aromatic rings. The lowest BCUT2D eigenvalue weighted by molar-refractivity contribution is 0.639. The van der Waals surface area contributed by atoms with Gasteiger partial charge in [0, 0.05) is 5.56 Å². The maximum absolute atomic E-state index is 13.7. The molecule has 0 aliphatic rings. The van der Waals surface area contributed by atoms with Gasteiger partial charge in [-0.1, -0.05) is 17.7 Å². The molecule has 0 amide bonds. The van der Waals surface area contributed by atoms with Gasteiger partial charge in [-0.15, -0.1) is 11.3 Å². The van der Waals surface area contributed by atoms with Crippen LogP contribution < -0.4 is 0 Å². The zero-order valence-corrected chi connectivity index (χ0v) is 13.9. The van der Waals surface area contributed by atoms with E-state index >= 15 is 0 Å². The van der Waals surface area contributed by atoms with Crippen LogP contribution in [-0.2, 0) is 0 Å². The first kappa shape index (κ1) is 13.4. The number of benzene rings is 1. The third-order valence-electron chi connectivity index (χ3n) is 2.53. The second-order valence-corrected chi connectivity index (χ2v) is 7.82. The van der Waals surface area contributed by atoms with E-state index in [2.05, 4.69) is 41.8 Å². The van der Waals surface area contributed by atoms with Crippen LogP contribution in [0.4, 0.5) is 4.39 Å². The first-order valence-corrected chi connectivity index (χ1v) is 7.91. The molecule has 0 atom stereocenters. The molecule has 0 bridgehead atoms. The molecular formula is C12H4Br2ClFN2S. The van der Waals surface area contributed by atoms with Crippen LogP contribution in [0.3, 0.4) is 0 Å². The molecule has 2 aromatic heterocycles. The summed E-state index contributed by atoms with van der Waals surface area (Å²) >= 11 is 14.4. The van der Waals surface area contributed by atoms with Crippen molar-refractivity contribution in [3.63, 3.8) is 0 Å². The summed E-state index contributed by atoms with van der Waals surface area (Å²) in [7, 11) is 0. The predicted octanol–water partition coefficient (Wildman–Crippen LogP) is 5.68. The number of fused-ring (bicyclic) bond motifs is 1. The molecule has 7 heteroatoms. The lowest BCUT2D eigenvalue weighted by atomic mass is 10.2. The third kappa shape index (κ3) is 2.42. The van der Waals surface area contributed by atoms with E-state index in [1.54, 1.807) is 12.1 Å². The maximum Gasteiger partial charge on any atom is 0.163 e. The molecule has 3 rings (SSSR count). The van der Waals surface area contributed by atoms with Crippen molar-refractivity contribution in [2.45, 2.75) is 0 Å². The molecule has 2 heterocycles. The zero-order valence-electron chi connectivity index (χ0n) is 9.12. The Bertz CT molecular complexity index is 791. The van der Waals surface area contributed by atoms with Crippen molar-refractivity contribution in [1.29, 1.82) is 0 Å². The highest BCUT2D eigenvalue weighted by atomic mass is 79.9. The Morgan fingerprint density at radius 2 is 2.00 bits per heavy atom. The van der Waals surface area contributed by atoms with Gasteiger partial charge in [-0.3, -0.25) is 0 Å².